The van der Waals surface area contributed by atoms with E-state index in [9.17, 15) is 19.2 Å². The van der Waals surface area contributed by atoms with Crippen LogP contribution in [-0.4, -0.2) is 52.4 Å². The third-order valence-electron chi connectivity index (χ3n) is 6.53. The van der Waals surface area contributed by atoms with Crippen molar-refractivity contribution < 1.29 is 9.18 Å². The van der Waals surface area contributed by atoms with Gasteiger partial charge in [0.1, 0.15) is 27.6 Å². The Balaban J connectivity index is 1.79. The number of benzene rings is 1. The van der Waals surface area contributed by atoms with Gasteiger partial charge in [-0.1, -0.05) is 30.9 Å². The molecule has 2 aliphatic rings. The summed E-state index contributed by atoms with van der Waals surface area (Å²) in [6.45, 7) is 9.19. The lowest BCUT2D eigenvalue weighted by Gasteiger charge is -2.39. The monoisotopic (exact) mass is 525 g/mol. The number of nitrogens with zero attached hydrogens (tertiary/aromatic N) is 5. The second kappa shape index (κ2) is 10.8. The Hall–Kier alpha value is -3.16. The maximum atomic E-state index is 13.4. The predicted molar refractivity (Wildman–Crippen MR) is 147 cm³/mol. The van der Waals surface area contributed by atoms with E-state index in [-0.39, 0.29) is 22.8 Å². The van der Waals surface area contributed by atoms with Crippen molar-refractivity contribution in [3.63, 3.8) is 0 Å². The minimum Gasteiger partial charge on any atom is -0.368 e. The van der Waals surface area contributed by atoms with Crippen molar-refractivity contribution in [2.75, 3.05) is 42.5 Å². The first-order valence-corrected chi connectivity index (χ1v) is 13.2. The summed E-state index contributed by atoms with van der Waals surface area (Å²) in [5.41, 5.74) is 1.99. The number of aromatic nitrogens is 1. The number of hydrogen-bond donors (Lipinski definition) is 0. The van der Waals surface area contributed by atoms with Crippen LogP contribution < -0.4 is 15.4 Å². The van der Waals surface area contributed by atoms with Crippen LogP contribution in [0.1, 0.15) is 37.0 Å². The number of pyridine rings is 1. The zero-order valence-electron chi connectivity index (χ0n) is 20.6. The molecule has 2 fully saturated rings. The molecule has 0 unspecified atom stereocenters. The number of rotatable bonds is 6. The molecule has 1 aromatic carbocycles. The first-order valence-electron chi connectivity index (χ1n) is 12.0. The summed E-state index contributed by atoms with van der Waals surface area (Å²) in [5.74, 6) is 0.289. The van der Waals surface area contributed by atoms with Gasteiger partial charge < -0.3 is 9.80 Å². The van der Waals surface area contributed by atoms with Crippen molar-refractivity contribution in [1.29, 1.82) is 5.26 Å². The molecule has 2 aliphatic heterocycles. The summed E-state index contributed by atoms with van der Waals surface area (Å²) >= 11 is 6.63. The molecule has 1 amide bonds. The molecule has 10 heteroatoms. The molecule has 0 atom stereocenters. The number of likely N-dealkylation sites (N-methyl/N-ethyl adjacent to an activating group) is 1. The summed E-state index contributed by atoms with van der Waals surface area (Å²) in [6, 6.07) is 8.53. The quantitative estimate of drug-likeness (QED) is 0.415. The SMILES string of the molecule is CCCn1c(N2CCN(c3ccc(F)cc3)CC2)c(C=C2SC(=S)N(CC)C2=O)c(C)c(C#N)c1=O. The summed E-state index contributed by atoms with van der Waals surface area (Å²) in [6.07, 6.45) is 2.51. The first kappa shape index (κ1) is 25.9. The molecule has 2 aromatic rings. The van der Waals surface area contributed by atoms with E-state index in [0.29, 0.717) is 66.0 Å². The van der Waals surface area contributed by atoms with E-state index in [4.69, 9.17) is 12.2 Å². The highest BCUT2D eigenvalue weighted by Gasteiger charge is 2.32. The van der Waals surface area contributed by atoms with Crippen LogP contribution in [0.4, 0.5) is 15.9 Å². The van der Waals surface area contributed by atoms with Gasteiger partial charge in [-0.05, 0) is 56.2 Å². The zero-order chi connectivity index (χ0) is 26.0. The summed E-state index contributed by atoms with van der Waals surface area (Å²) in [4.78, 5) is 32.7. The Bertz CT molecular complexity index is 1320. The third kappa shape index (κ3) is 4.77. The van der Waals surface area contributed by atoms with E-state index < -0.39 is 0 Å². The Kier molecular flexibility index (Phi) is 7.81. The van der Waals surface area contributed by atoms with Crippen LogP contribution in [0.2, 0.25) is 0 Å². The predicted octanol–water partition coefficient (Wildman–Crippen LogP) is 4.13. The zero-order valence-corrected chi connectivity index (χ0v) is 22.2. The van der Waals surface area contributed by atoms with E-state index in [0.717, 1.165) is 11.5 Å². The molecule has 36 heavy (non-hydrogen) atoms. The van der Waals surface area contributed by atoms with Gasteiger partial charge in [0.15, 0.2) is 0 Å². The van der Waals surface area contributed by atoms with Gasteiger partial charge in [-0.2, -0.15) is 5.26 Å². The van der Waals surface area contributed by atoms with Crippen molar-refractivity contribution >= 4 is 51.8 Å². The lowest BCUT2D eigenvalue weighted by Crippen LogP contribution is -2.48. The van der Waals surface area contributed by atoms with Gasteiger partial charge in [0.25, 0.3) is 11.5 Å². The van der Waals surface area contributed by atoms with E-state index in [1.54, 1.807) is 34.6 Å². The molecular weight excluding hydrogens is 497 g/mol. The fraction of sp³-hybridized carbons (Fsp3) is 0.385. The molecule has 4 rings (SSSR count). The number of carbonyl (C=O) groups is 1. The van der Waals surface area contributed by atoms with Crippen molar-refractivity contribution in [2.45, 2.75) is 33.7 Å². The van der Waals surface area contributed by atoms with Crippen LogP contribution in [-0.2, 0) is 11.3 Å². The van der Waals surface area contributed by atoms with E-state index in [1.807, 2.05) is 13.8 Å². The Morgan fingerprint density at radius 1 is 1.11 bits per heavy atom. The number of amides is 1. The molecule has 7 nitrogen and oxygen atoms in total. The normalized spacial score (nSPS) is 17.3. The highest BCUT2D eigenvalue weighted by Crippen LogP contribution is 2.36. The lowest BCUT2D eigenvalue weighted by molar-refractivity contribution is -0.121. The number of piperazine rings is 1. The molecule has 1 aromatic heterocycles. The van der Waals surface area contributed by atoms with Gasteiger partial charge >= 0.3 is 0 Å². The largest absolute Gasteiger partial charge is 0.368 e. The van der Waals surface area contributed by atoms with Crippen LogP contribution in [0.25, 0.3) is 6.08 Å². The smallest absolute Gasteiger partial charge is 0.270 e. The van der Waals surface area contributed by atoms with Gasteiger partial charge in [-0.3, -0.25) is 19.1 Å². The lowest BCUT2D eigenvalue weighted by atomic mass is 10.0. The Labute approximate surface area is 219 Å². The highest BCUT2D eigenvalue weighted by molar-refractivity contribution is 8.26. The maximum absolute atomic E-state index is 13.4. The third-order valence-corrected chi connectivity index (χ3v) is 7.91. The second-order valence-electron chi connectivity index (χ2n) is 8.68. The maximum Gasteiger partial charge on any atom is 0.270 e. The van der Waals surface area contributed by atoms with Crippen LogP contribution in [0, 0.1) is 24.1 Å². The van der Waals surface area contributed by atoms with Crippen molar-refractivity contribution in [1.82, 2.24) is 9.47 Å². The first-order chi connectivity index (χ1) is 17.3. The van der Waals surface area contributed by atoms with Gasteiger partial charge in [0, 0.05) is 50.5 Å². The van der Waals surface area contributed by atoms with E-state index in [1.165, 1.54) is 23.9 Å². The average Bonchev–Trinajstić information content (AvgIpc) is 3.15. The number of carbonyl (C=O) groups excluding carboxylic acids is 1. The number of anilines is 2. The Morgan fingerprint density at radius 3 is 2.31 bits per heavy atom. The van der Waals surface area contributed by atoms with E-state index >= 15 is 0 Å². The summed E-state index contributed by atoms with van der Waals surface area (Å²) in [7, 11) is 0. The van der Waals surface area contributed by atoms with Gasteiger partial charge in [-0.25, -0.2) is 4.39 Å². The molecule has 188 valence electrons. The Morgan fingerprint density at radius 2 is 1.75 bits per heavy atom. The minimum absolute atomic E-state index is 0.0920. The van der Waals surface area contributed by atoms with Crippen LogP contribution in [0.15, 0.2) is 34.0 Å². The fourth-order valence-electron chi connectivity index (χ4n) is 4.65. The molecule has 2 saturated heterocycles. The fourth-order valence-corrected chi connectivity index (χ4v) is 6.01. The van der Waals surface area contributed by atoms with E-state index in [2.05, 4.69) is 15.9 Å². The summed E-state index contributed by atoms with van der Waals surface area (Å²) in [5, 5.41) is 9.80. The van der Waals surface area contributed by atoms with Crippen molar-refractivity contribution in [2.24, 2.45) is 0 Å². The second-order valence-corrected chi connectivity index (χ2v) is 10.4. The minimum atomic E-state index is -0.314. The number of thioether (sulfide) groups is 1. The van der Waals surface area contributed by atoms with Gasteiger partial charge in [0.2, 0.25) is 0 Å². The number of hydrogen-bond acceptors (Lipinski definition) is 7. The van der Waals surface area contributed by atoms with Gasteiger partial charge in [-0.15, -0.1) is 0 Å². The molecule has 0 spiro atoms. The molecular formula is C26H28FN5O2S2. The average molecular weight is 526 g/mol. The number of thiocarbonyl (C=S) groups is 1. The van der Waals surface area contributed by atoms with Crippen LogP contribution in [0.3, 0.4) is 0 Å². The molecule has 0 bridgehead atoms. The standard InChI is InChI=1S/C26H28FN5O2S2/c1-4-10-32-23(30-13-11-29(12-14-30)19-8-6-18(27)7-9-19)20(17(3)21(16-28)24(32)33)15-22-25(34)31(5-2)26(35)36-22/h6-9,15H,4-5,10-14H2,1-3H3. The van der Waals surface area contributed by atoms with Crippen LogP contribution in [0.5, 0.6) is 0 Å². The molecule has 0 saturated carbocycles. The van der Waals surface area contributed by atoms with Gasteiger partial charge in [0.05, 0.1) is 4.91 Å². The topological polar surface area (TPSA) is 72.6 Å². The number of nitriles is 1. The number of halogens is 1. The molecule has 0 N–H and O–H groups in total. The van der Waals surface area contributed by atoms with Crippen molar-refractivity contribution in [3.05, 3.63) is 62.0 Å². The molecule has 3 heterocycles. The highest BCUT2D eigenvalue weighted by atomic mass is 32.2. The summed E-state index contributed by atoms with van der Waals surface area (Å²) < 4.78 is 15.6. The molecule has 0 radical (unpaired) electrons. The molecule has 0 aliphatic carbocycles. The van der Waals surface area contributed by atoms with Crippen molar-refractivity contribution in [3.8, 4) is 6.07 Å². The van der Waals surface area contributed by atoms with Crippen LogP contribution >= 0.6 is 24.0 Å².